The van der Waals surface area contributed by atoms with Crippen molar-refractivity contribution in [2.24, 2.45) is 23.7 Å². The number of nitrogens with one attached hydrogen (secondary N) is 3. The van der Waals surface area contributed by atoms with Crippen molar-refractivity contribution in [3.63, 3.8) is 0 Å². The zero-order chi connectivity index (χ0) is 40.3. The number of hydrogen-bond donors (Lipinski definition) is 3. The second-order valence-electron chi connectivity index (χ2n) is 17.8. The van der Waals surface area contributed by atoms with E-state index in [1.54, 1.807) is 0 Å². The van der Waals surface area contributed by atoms with Crippen LogP contribution < -0.4 is 16.0 Å². The summed E-state index contributed by atoms with van der Waals surface area (Å²) >= 11 is 0. The average Bonchev–Trinajstić information content (AvgIpc) is 3.59. The molecule has 0 saturated heterocycles. The second kappa shape index (κ2) is 17.6. The Kier molecular flexibility index (Phi) is 11.7. The predicted octanol–water partition coefficient (Wildman–Crippen LogP) is 12.0. The monoisotopic (exact) mass is 778 g/mol. The molecule has 0 spiro atoms. The van der Waals surface area contributed by atoms with Crippen LogP contribution in [0.15, 0.2) is 187 Å². The van der Waals surface area contributed by atoms with E-state index in [1.807, 2.05) is 0 Å². The molecule has 9 rings (SSSR count). The van der Waals surface area contributed by atoms with Crippen molar-refractivity contribution in [2.45, 2.75) is 96.1 Å². The van der Waals surface area contributed by atoms with Gasteiger partial charge < -0.3 is 10.2 Å². The van der Waals surface area contributed by atoms with E-state index in [0.29, 0.717) is 29.6 Å². The minimum Gasteiger partial charge on any atom is -0.366 e. The van der Waals surface area contributed by atoms with E-state index in [1.165, 1.54) is 68.9 Å². The fraction of sp³-hybridized carbons (Fsp3) is 0.345. The Balaban J connectivity index is 0.977. The molecule has 4 nitrogen and oxygen atoms in total. The molecule has 59 heavy (non-hydrogen) atoms. The molecular formula is C55H62N4. The fourth-order valence-electron chi connectivity index (χ4n) is 10.5. The van der Waals surface area contributed by atoms with Crippen LogP contribution in [0.1, 0.15) is 88.3 Å². The van der Waals surface area contributed by atoms with Crippen molar-refractivity contribution >= 4 is 11.3 Å². The van der Waals surface area contributed by atoms with Crippen LogP contribution in [0, 0.1) is 23.7 Å². The number of allylic oxidation sites excluding steroid dienone is 14. The van der Waals surface area contributed by atoms with E-state index in [9.17, 15) is 0 Å². The molecule has 9 atom stereocenters. The van der Waals surface area contributed by atoms with Gasteiger partial charge in [-0.15, -0.1) is 0 Å². The van der Waals surface area contributed by atoms with Gasteiger partial charge in [0.15, 0.2) is 0 Å². The quantitative estimate of drug-likeness (QED) is 0.210. The minimum atomic E-state index is 0.0189. The molecule has 302 valence electrons. The maximum absolute atomic E-state index is 4.35. The molecular weight excluding hydrogens is 717 g/mol. The van der Waals surface area contributed by atoms with Crippen LogP contribution in [0.5, 0.6) is 0 Å². The first-order valence-corrected chi connectivity index (χ1v) is 22.4. The largest absolute Gasteiger partial charge is 0.366 e. The summed E-state index contributed by atoms with van der Waals surface area (Å²) in [7, 11) is 0. The summed E-state index contributed by atoms with van der Waals surface area (Å²) in [5, 5.41) is 11.9. The minimum absolute atomic E-state index is 0.0189. The standard InChI is InChI=1S/C55H62N4/c1-5-46-49-23-12-14-25-52(49)59(45-32-30-41(31-33-45)40-28-26-37(2)27-29-40)53(46)34-39(4)43-19-15-20-44(35-43)48-22-11-13-24-50(48)56-54-36-51(42-17-7-6-8-18-42)57-55(58-54)47-21-10-9-16-38(47)3/h5-15,17-21,23,26,28,30,32-38,40-41,48,50,52,54-58H,1,16,22,24-25,27,29,31H2,2-4H3/b39-34+/t37?,38?,40?,41-,48?,50?,52?,54?,55?/m1/s1. The molecule has 8 unspecified atom stereocenters. The lowest BCUT2D eigenvalue weighted by Gasteiger charge is -2.39. The smallest absolute Gasteiger partial charge is 0.101 e. The van der Waals surface area contributed by atoms with Crippen molar-refractivity contribution in [2.75, 3.05) is 0 Å². The number of nitrogens with zero attached hydrogens (tertiary/aromatic N) is 1. The lowest BCUT2D eigenvalue weighted by Crippen LogP contribution is -2.59. The molecule has 2 aromatic carbocycles. The van der Waals surface area contributed by atoms with Gasteiger partial charge in [-0.05, 0) is 127 Å². The highest BCUT2D eigenvalue weighted by molar-refractivity contribution is 5.71. The third-order valence-corrected chi connectivity index (χ3v) is 13.9. The van der Waals surface area contributed by atoms with Gasteiger partial charge in [0.25, 0.3) is 0 Å². The van der Waals surface area contributed by atoms with Crippen molar-refractivity contribution in [1.29, 1.82) is 0 Å². The Hall–Kier alpha value is -5.16. The van der Waals surface area contributed by atoms with Crippen LogP contribution in [-0.2, 0) is 0 Å². The predicted molar refractivity (Wildman–Crippen MR) is 248 cm³/mol. The number of hydrogen-bond acceptors (Lipinski definition) is 4. The topological polar surface area (TPSA) is 39.3 Å². The molecule has 2 aromatic rings. The summed E-state index contributed by atoms with van der Waals surface area (Å²) in [6.07, 6.45) is 45.4. The van der Waals surface area contributed by atoms with E-state index >= 15 is 0 Å². The van der Waals surface area contributed by atoms with E-state index in [2.05, 4.69) is 200 Å². The SMILES string of the molecule is C=CC1=C(/C=C(\C)c2cccc(C3CC=CCC3NC3C=C(c4ccccc4)NC(C4=CC=CCC4C)N3)c2)N(C2=CC[C@H](C3C=CC(C)CC3)C=C2)C2CC=CC=C12. The van der Waals surface area contributed by atoms with Gasteiger partial charge in [-0.3, -0.25) is 10.6 Å². The Bertz CT molecular complexity index is 2250. The van der Waals surface area contributed by atoms with Gasteiger partial charge in [0.1, 0.15) is 6.17 Å². The van der Waals surface area contributed by atoms with Crippen molar-refractivity contribution in [3.05, 3.63) is 203 Å². The summed E-state index contributed by atoms with van der Waals surface area (Å²) in [5.41, 5.74) is 12.9. The number of fused-ring (bicyclic) bond motifs is 1. The van der Waals surface area contributed by atoms with Gasteiger partial charge in [0.2, 0.25) is 0 Å². The first-order chi connectivity index (χ1) is 28.9. The second-order valence-corrected chi connectivity index (χ2v) is 17.8. The van der Waals surface area contributed by atoms with Gasteiger partial charge in [0.05, 0.1) is 12.2 Å². The van der Waals surface area contributed by atoms with E-state index in [-0.39, 0.29) is 24.4 Å². The molecule has 3 N–H and O–H groups in total. The Labute approximate surface area is 353 Å². The zero-order valence-corrected chi connectivity index (χ0v) is 35.2. The van der Waals surface area contributed by atoms with Gasteiger partial charge in [0, 0.05) is 34.6 Å². The van der Waals surface area contributed by atoms with Crippen LogP contribution in [0.25, 0.3) is 11.3 Å². The molecule has 2 heterocycles. The van der Waals surface area contributed by atoms with Crippen LogP contribution >= 0.6 is 0 Å². The molecule has 2 aliphatic heterocycles. The molecule has 0 radical (unpaired) electrons. The Morgan fingerprint density at radius 3 is 2.49 bits per heavy atom. The fourth-order valence-corrected chi connectivity index (χ4v) is 10.5. The lowest BCUT2D eigenvalue weighted by molar-refractivity contribution is 0.327. The maximum Gasteiger partial charge on any atom is 0.101 e. The number of benzene rings is 2. The summed E-state index contributed by atoms with van der Waals surface area (Å²) in [6.45, 7) is 11.3. The highest BCUT2D eigenvalue weighted by Gasteiger charge is 2.37. The maximum atomic E-state index is 4.35. The highest BCUT2D eigenvalue weighted by Crippen LogP contribution is 2.44. The highest BCUT2D eigenvalue weighted by atomic mass is 15.3. The van der Waals surface area contributed by atoms with Crippen LogP contribution in [0.3, 0.4) is 0 Å². The molecule has 5 aliphatic carbocycles. The van der Waals surface area contributed by atoms with E-state index < -0.39 is 0 Å². The lowest BCUT2D eigenvalue weighted by atomic mass is 9.78. The van der Waals surface area contributed by atoms with Crippen LogP contribution in [0.2, 0.25) is 0 Å². The molecule has 0 aromatic heterocycles. The number of rotatable bonds is 10. The van der Waals surface area contributed by atoms with Gasteiger partial charge in [-0.25, -0.2) is 0 Å². The average molecular weight is 779 g/mol. The molecule has 0 bridgehead atoms. The van der Waals surface area contributed by atoms with E-state index in [0.717, 1.165) is 32.1 Å². The third-order valence-electron chi connectivity index (χ3n) is 13.9. The van der Waals surface area contributed by atoms with Crippen molar-refractivity contribution in [1.82, 2.24) is 20.9 Å². The van der Waals surface area contributed by atoms with Crippen molar-refractivity contribution in [3.8, 4) is 0 Å². The summed E-state index contributed by atoms with van der Waals surface area (Å²) < 4.78 is 0. The van der Waals surface area contributed by atoms with Gasteiger partial charge in [-0.1, -0.05) is 154 Å². The summed E-state index contributed by atoms with van der Waals surface area (Å²) in [6, 6.07) is 20.7. The molecule has 4 heteroatoms. The van der Waals surface area contributed by atoms with Crippen molar-refractivity contribution < 1.29 is 0 Å². The first kappa shape index (κ1) is 39.3. The van der Waals surface area contributed by atoms with Gasteiger partial charge >= 0.3 is 0 Å². The van der Waals surface area contributed by atoms with E-state index in [4.69, 9.17) is 0 Å². The first-order valence-electron chi connectivity index (χ1n) is 22.4. The molecule has 7 aliphatic rings. The van der Waals surface area contributed by atoms with Crippen LogP contribution in [-0.4, -0.2) is 29.3 Å². The zero-order valence-electron chi connectivity index (χ0n) is 35.2. The molecule has 0 saturated carbocycles. The third kappa shape index (κ3) is 8.36. The molecule has 0 amide bonds. The van der Waals surface area contributed by atoms with Crippen LogP contribution in [0.4, 0.5) is 0 Å². The van der Waals surface area contributed by atoms with Gasteiger partial charge in [-0.2, -0.15) is 0 Å². The molecule has 0 fully saturated rings. The normalized spacial score (nSPS) is 31.6. The Morgan fingerprint density at radius 2 is 1.69 bits per heavy atom. The summed E-state index contributed by atoms with van der Waals surface area (Å²) in [5.74, 6) is 2.76. The summed E-state index contributed by atoms with van der Waals surface area (Å²) in [4.78, 5) is 2.61. The Morgan fingerprint density at radius 1 is 0.847 bits per heavy atom.